The summed E-state index contributed by atoms with van der Waals surface area (Å²) >= 11 is 2.88. The molecule has 0 aromatic heterocycles. The van der Waals surface area contributed by atoms with Gasteiger partial charge in [-0.05, 0) is 17.7 Å². The minimum atomic E-state index is 0.797. The van der Waals surface area contributed by atoms with E-state index in [4.69, 9.17) is 3.83 Å². The normalized spacial score (nSPS) is 8.90. The maximum absolute atomic E-state index is 4.79. The minimum absolute atomic E-state index is 0.797. The zero-order valence-corrected chi connectivity index (χ0v) is 6.97. The van der Waals surface area contributed by atoms with E-state index in [-0.39, 0.29) is 0 Å². The monoisotopic (exact) mass is 198 g/mol. The summed E-state index contributed by atoms with van der Waals surface area (Å²) in [5.41, 5.74) is 1.09. The highest BCUT2D eigenvalue weighted by Crippen LogP contribution is 2.14. The van der Waals surface area contributed by atoms with Gasteiger partial charge in [-0.2, -0.15) is 0 Å². The van der Waals surface area contributed by atoms with Gasteiger partial charge < -0.3 is 3.83 Å². The molecule has 0 fully saturated rings. The second kappa shape index (κ2) is 3.42. The van der Waals surface area contributed by atoms with E-state index in [0.717, 1.165) is 11.3 Å². The van der Waals surface area contributed by atoms with Crippen molar-refractivity contribution < 1.29 is 3.83 Å². The molecular formula is C8H7BrO. The van der Waals surface area contributed by atoms with Crippen LogP contribution in [0.25, 0.3) is 6.08 Å². The van der Waals surface area contributed by atoms with Crippen LogP contribution in [0.15, 0.2) is 30.8 Å². The molecule has 52 valence electrons. The Morgan fingerprint density at radius 3 is 2.30 bits per heavy atom. The molecule has 1 aromatic rings. The molecule has 0 saturated carbocycles. The van der Waals surface area contributed by atoms with E-state index in [1.807, 2.05) is 24.3 Å². The summed E-state index contributed by atoms with van der Waals surface area (Å²) in [5.74, 6) is 0.797. The lowest BCUT2D eigenvalue weighted by molar-refractivity contribution is 0.678. The number of rotatable bonds is 2. The van der Waals surface area contributed by atoms with Crippen molar-refractivity contribution in [2.45, 2.75) is 0 Å². The van der Waals surface area contributed by atoms with Crippen molar-refractivity contribution in [2.75, 3.05) is 0 Å². The fourth-order valence-electron chi connectivity index (χ4n) is 0.655. The summed E-state index contributed by atoms with van der Waals surface area (Å²) in [6.07, 6.45) is 1.79. The van der Waals surface area contributed by atoms with Crippen LogP contribution >= 0.6 is 16.3 Å². The van der Waals surface area contributed by atoms with E-state index in [9.17, 15) is 0 Å². The molecule has 1 rings (SSSR count). The summed E-state index contributed by atoms with van der Waals surface area (Å²) in [4.78, 5) is 0. The second-order valence-electron chi connectivity index (χ2n) is 1.85. The van der Waals surface area contributed by atoms with Gasteiger partial charge in [-0.1, -0.05) is 24.8 Å². The maximum atomic E-state index is 4.79. The van der Waals surface area contributed by atoms with E-state index < -0.39 is 0 Å². The summed E-state index contributed by atoms with van der Waals surface area (Å²) in [5, 5.41) is 0. The van der Waals surface area contributed by atoms with E-state index in [1.54, 1.807) is 6.08 Å². The van der Waals surface area contributed by atoms with Gasteiger partial charge in [0.2, 0.25) is 0 Å². The molecule has 10 heavy (non-hydrogen) atoms. The van der Waals surface area contributed by atoms with Crippen molar-refractivity contribution in [1.82, 2.24) is 0 Å². The van der Waals surface area contributed by atoms with Crippen molar-refractivity contribution in [1.29, 1.82) is 0 Å². The van der Waals surface area contributed by atoms with Gasteiger partial charge in [0, 0.05) is 0 Å². The van der Waals surface area contributed by atoms with Crippen LogP contribution in [0.5, 0.6) is 5.75 Å². The number of hydrogen-bond donors (Lipinski definition) is 0. The zero-order chi connectivity index (χ0) is 7.40. The Hall–Kier alpha value is -0.760. The predicted molar refractivity (Wildman–Crippen MR) is 46.1 cm³/mol. The Bertz CT molecular complexity index is 215. The largest absolute Gasteiger partial charge is 0.418 e. The van der Waals surface area contributed by atoms with Crippen molar-refractivity contribution in [3.05, 3.63) is 36.4 Å². The Kier molecular flexibility index (Phi) is 2.51. The molecule has 0 heterocycles. The van der Waals surface area contributed by atoms with Crippen LogP contribution < -0.4 is 3.83 Å². The molecule has 1 nitrogen and oxygen atoms in total. The van der Waals surface area contributed by atoms with Crippen LogP contribution in [0.3, 0.4) is 0 Å². The van der Waals surface area contributed by atoms with Gasteiger partial charge in [-0.15, -0.1) is 0 Å². The van der Waals surface area contributed by atoms with E-state index in [1.165, 1.54) is 0 Å². The molecule has 0 aliphatic heterocycles. The van der Waals surface area contributed by atoms with Crippen molar-refractivity contribution >= 4 is 22.3 Å². The molecule has 0 saturated heterocycles. The van der Waals surface area contributed by atoms with Crippen LogP contribution in [-0.2, 0) is 0 Å². The zero-order valence-electron chi connectivity index (χ0n) is 5.38. The maximum Gasteiger partial charge on any atom is 0.179 e. The standard InChI is InChI=1S/C8H7BrO/c1-2-7-3-5-8(10-9)6-4-7/h2-6H,1H2. The highest BCUT2D eigenvalue weighted by Gasteiger charge is 1.88. The van der Waals surface area contributed by atoms with Crippen molar-refractivity contribution in [3.8, 4) is 5.75 Å². The molecule has 0 aliphatic carbocycles. The van der Waals surface area contributed by atoms with Crippen molar-refractivity contribution in [3.63, 3.8) is 0 Å². The number of benzene rings is 1. The molecule has 0 radical (unpaired) electrons. The summed E-state index contributed by atoms with van der Waals surface area (Å²) in [7, 11) is 0. The van der Waals surface area contributed by atoms with Crippen LogP contribution in [0.4, 0.5) is 0 Å². The molecule has 0 amide bonds. The third kappa shape index (κ3) is 1.61. The Labute approximate surface area is 68.8 Å². The number of halogens is 1. The molecule has 0 unspecified atom stereocenters. The fraction of sp³-hybridized carbons (Fsp3) is 0. The Morgan fingerprint density at radius 1 is 1.30 bits per heavy atom. The first-order valence-corrected chi connectivity index (χ1v) is 3.52. The molecule has 0 aliphatic rings. The molecule has 0 spiro atoms. The van der Waals surface area contributed by atoms with Crippen LogP contribution in [0.1, 0.15) is 5.56 Å². The van der Waals surface area contributed by atoms with Gasteiger partial charge in [0.15, 0.2) is 16.3 Å². The smallest absolute Gasteiger partial charge is 0.179 e. The number of hydrogen-bond acceptors (Lipinski definition) is 1. The summed E-state index contributed by atoms with van der Waals surface area (Å²) in [6.45, 7) is 3.63. The molecule has 2 heteroatoms. The lowest BCUT2D eigenvalue weighted by Crippen LogP contribution is -1.73. The average Bonchev–Trinajstić information content (AvgIpc) is 2.05. The van der Waals surface area contributed by atoms with E-state index in [0.29, 0.717) is 0 Å². The van der Waals surface area contributed by atoms with Crippen molar-refractivity contribution in [2.24, 2.45) is 0 Å². The average molecular weight is 199 g/mol. The van der Waals surface area contributed by atoms with Crippen LogP contribution in [0, 0.1) is 0 Å². The molecule has 0 atom stereocenters. The SMILES string of the molecule is C=Cc1ccc(OBr)cc1. The Balaban J connectivity index is 2.90. The summed E-state index contributed by atoms with van der Waals surface area (Å²) in [6, 6.07) is 7.60. The molecular weight excluding hydrogens is 192 g/mol. The van der Waals surface area contributed by atoms with Gasteiger partial charge in [-0.3, -0.25) is 0 Å². The lowest BCUT2D eigenvalue weighted by atomic mass is 10.2. The first-order chi connectivity index (χ1) is 4.86. The van der Waals surface area contributed by atoms with Gasteiger partial charge in [0.25, 0.3) is 0 Å². The second-order valence-corrected chi connectivity index (χ2v) is 2.17. The summed E-state index contributed by atoms with van der Waals surface area (Å²) < 4.78 is 4.79. The minimum Gasteiger partial charge on any atom is -0.418 e. The highest BCUT2D eigenvalue weighted by molar-refractivity contribution is 9.06. The topological polar surface area (TPSA) is 9.23 Å². The quantitative estimate of drug-likeness (QED) is 0.711. The van der Waals surface area contributed by atoms with Crippen LogP contribution in [-0.4, -0.2) is 0 Å². The van der Waals surface area contributed by atoms with E-state index >= 15 is 0 Å². The fourth-order valence-corrected chi connectivity index (χ4v) is 0.871. The van der Waals surface area contributed by atoms with Gasteiger partial charge in [0.05, 0.1) is 0 Å². The van der Waals surface area contributed by atoms with Gasteiger partial charge >= 0.3 is 0 Å². The first-order valence-electron chi connectivity index (χ1n) is 2.88. The predicted octanol–water partition coefficient (Wildman–Crippen LogP) is 3.02. The van der Waals surface area contributed by atoms with Crippen LogP contribution in [0.2, 0.25) is 0 Å². The highest BCUT2D eigenvalue weighted by atomic mass is 79.9. The lowest BCUT2D eigenvalue weighted by Gasteiger charge is -1.95. The Morgan fingerprint density at radius 2 is 1.90 bits per heavy atom. The van der Waals surface area contributed by atoms with Gasteiger partial charge in [0.1, 0.15) is 5.75 Å². The van der Waals surface area contributed by atoms with Gasteiger partial charge in [-0.25, -0.2) is 0 Å². The molecule has 1 aromatic carbocycles. The third-order valence-corrected chi connectivity index (χ3v) is 1.58. The molecule has 0 bridgehead atoms. The van der Waals surface area contributed by atoms with E-state index in [2.05, 4.69) is 22.8 Å². The third-order valence-electron chi connectivity index (χ3n) is 1.20. The first kappa shape index (κ1) is 7.35. The molecule has 0 N–H and O–H groups in total.